The second kappa shape index (κ2) is 11.5. The highest BCUT2D eigenvalue weighted by atomic mass is 35.5. The first kappa shape index (κ1) is 25.7. The topological polar surface area (TPSA) is 117 Å². The van der Waals surface area contributed by atoms with Gasteiger partial charge in [0.05, 0.1) is 5.52 Å². The van der Waals surface area contributed by atoms with Crippen LogP contribution in [-0.4, -0.2) is 39.7 Å². The summed E-state index contributed by atoms with van der Waals surface area (Å²) in [5.41, 5.74) is 9.53. The third-order valence-corrected chi connectivity index (χ3v) is 6.04. The maximum atomic E-state index is 12.8. The van der Waals surface area contributed by atoms with Gasteiger partial charge in [0.1, 0.15) is 30.3 Å². The molecule has 1 aliphatic rings. The van der Waals surface area contributed by atoms with Gasteiger partial charge in [-0.3, -0.25) is 10.2 Å². The number of nitrogen functional groups attached to an aromatic ring is 1. The minimum atomic E-state index is -0.0173. The van der Waals surface area contributed by atoms with Crippen molar-refractivity contribution >= 4 is 40.9 Å². The van der Waals surface area contributed by atoms with Gasteiger partial charge >= 0.3 is 0 Å². The highest BCUT2D eigenvalue weighted by Crippen LogP contribution is 2.26. The van der Waals surface area contributed by atoms with Gasteiger partial charge in [-0.25, -0.2) is 9.97 Å². The van der Waals surface area contributed by atoms with Crippen molar-refractivity contribution in [1.82, 2.24) is 14.9 Å². The number of benzene rings is 3. The van der Waals surface area contributed by atoms with E-state index in [1.165, 1.54) is 6.33 Å². The lowest BCUT2D eigenvalue weighted by molar-refractivity contribution is 0.0800. The Bertz CT molecular complexity index is 1450. The van der Waals surface area contributed by atoms with Crippen molar-refractivity contribution in [3.05, 3.63) is 107 Å². The van der Waals surface area contributed by atoms with Crippen molar-refractivity contribution in [2.45, 2.75) is 13.2 Å². The van der Waals surface area contributed by atoms with Crippen LogP contribution >= 0.6 is 12.4 Å². The highest BCUT2D eigenvalue weighted by Gasteiger charge is 2.17. The lowest BCUT2D eigenvalue weighted by Gasteiger charge is -2.16. The highest BCUT2D eigenvalue weighted by molar-refractivity contribution is 6.00. The van der Waals surface area contributed by atoms with Crippen LogP contribution in [-0.2, 0) is 13.2 Å². The van der Waals surface area contributed by atoms with Crippen LogP contribution in [0.25, 0.3) is 10.9 Å². The molecule has 0 saturated heterocycles. The fraction of sp³-hybridized carbons (Fsp3) is 0.143. The van der Waals surface area contributed by atoms with Crippen LogP contribution in [0.3, 0.4) is 0 Å². The Labute approximate surface area is 221 Å². The van der Waals surface area contributed by atoms with Crippen LogP contribution in [0.1, 0.15) is 27.0 Å². The third-order valence-electron chi connectivity index (χ3n) is 6.04. The van der Waals surface area contributed by atoms with Crippen LogP contribution in [0.4, 0.5) is 5.82 Å². The number of hydrogen-bond donors (Lipinski definition) is 3. The average molecular weight is 515 g/mol. The quantitative estimate of drug-likeness (QED) is 0.180. The number of rotatable bonds is 8. The van der Waals surface area contributed by atoms with Gasteiger partial charge in [-0.15, -0.1) is 12.4 Å². The molecule has 0 aliphatic carbocycles. The van der Waals surface area contributed by atoms with E-state index in [4.69, 9.17) is 15.9 Å². The molecule has 4 aromatic rings. The van der Waals surface area contributed by atoms with Crippen LogP contribution in [0.15, 0.2) is 85.2 Å². The van der Waals surface area contributed by atoms with E-state index in [-0.39, 0.29) is 24.1 Å². The molecule has 0 radical (unpaired) electrons. The molecular weight excluding hydrogens is 488 g/mol. The van der Waals surface area contributed by atoms with E-state index in [0.29, 0.717) is 54.5 Å². The van der Waals surface area contributed by atoms with Crippen molar-refractivity contribution in [2.75, 3.05) is 18.4 Å². The molecule has 0 bridgehead atoms. The van der Waals surface area contributed by atoms with E-state index in [1.807, 2.05) is 66.7 Å². The van der Waals surface area contributed by atoms with Gasteiger partial charge in [0.25, 0.3) is 5.91 Å². The van der Waals surface area contributed by atoms with Crippen LogP contribution in [0.2, 0.25) is 0 Å². The minimum Gasteiger partial charge on any atom is -0.489 e. The maximum absolute atomic E-state index is 12.8. The van der Waals surface area contributed by atoms with E-state index in [9.17, 15) is 4.79 Å². The average Bonchev–Trinajstić information content (AvgIpc) is 3.46. The van der Waals surface area contributed by atoms with E-state index in [1.54, 1.807) is 17.0 Å². The molecule has 5 rings (SSSR count). The number of nitrogens with one attached hydrogen (secondary N) is 2. The van der Waals surface area contributed by atoms with Gasteiger partial charge in [0.2, 0.25) is 0 Å². The Hall–Kier alpha value is -4.43. The number of amides is 1. The number of hydrogen-bond acceptors (Lipinski definition) is 6. The standard InChI is InChI=1S/C28H26N6O2.ClH/c29-26(30)20-9-11-25(36-17-19-6-2-1-3-7-19)22(14-20)16-31-27-23-10-8-21(15-24(23)32-18-33-27)28(35)34-12-4-5-13-34;/h1-11,14-15,18H,12-13,16-17H2,(H3,29,30)(H,31,32,33);1H. The van der Waals surface area contributed by atoms with Crippen LogP contribution in [0, 0.1) is 5.41 Å². The van der Waals surface area contributed by atoms with Crippen molar-refractivity contribution in [2.24, 2.45) is 5.73 Å². The number of anilines is 1. The Kier molecular flexibility index (Phi) is 8.00. The summed E-state index contributed by atoms with van der Waals surface area (Å²) >= 11 is 0. The molecule has 1 aromatic heterocycles. The smallest absolute Gasteiger partial charge is 0.254 e. The second-order valence-corrected chi connectivity index (χ2v) is 8.50. The molecule has 2 heterocycles. The molecule has 0 unspecified atom stereocenters. The number of carbonyl (C=O) groups excluding carboxylic acids is 1. The number of ether oxygens (including phenoxy) is 1. The van der Waals surface area contributed by atoms with E-state index in [0.717, 1.165) is 16.5 Å². The Balaban J connectivity index is 0.00000320. The molecule has 0 fully saturated rings. The monoisotopic (exact) mass is 514 g/mol. The molecule has 8 nitrogen and oxygen atoms in total. The Morgan fingerprint density at radius 2 is 1.76 bits per heavy atom. The Morgan fingerprint density at radius 3 is 2.51 bits per heavy atom. The summed E-state index contributed by atoms with van der Waals surface area (Å²) < 4.78 is 6.09. The number of amidine groups is 1. The van der Waals surface area contributed by atoms with Crippen molar-refractivity contribution < 1.29 is 9.53 Å². The minimum absolute atomic E-state index is 0. The lowest BCUT2D eigenvalue weighted by atomic mass is 10.1. The molecule has 3 aromatic carbocycles. The summed E-state index contributed by atoms with van der Waals surface area (Å²) in [4.78, 5) is 23.3. The zero-order valence-corrected chi connectivity index (χ0v) is 20.9. The third kappa shape index (κ3) is 5.87. The molecule has 0 saturated carbocycles. The molecule has 4 N–H and O–H groups in total. The summed E-state index contributed by atoms with van der Waals surface area (Å²) in [5.74, 6) is 1.31. The van der Waals surface area contributed by atoms with E-state index < -0.39 is 0 Å². The number of nitrogens with zero attached hydrogens (tertiary/aromatic N) is 3. The predicted octanol–water partition coefficient (Wildman–Crippen LogP) is 4.54. The first-order valence-electron chi connectivity index (χ1n) is 11.7. The largest absolute Gasteiger partial charge is 0.489 e. The fourth-order valence-electron chi connectivity index (χ4n) is 4.10. The number of halogens is 1. The summed E-state index contributed by atoms with van der Waals surface area (Å²) in [6.45, 7) is 2.08. The molecule has 9 heteroatoms. The van der Waals surface area contributed by atoms with Gasteiger partial charge in [0.15, 0.2) is 0 Å². The van der Waals surface area contributed by atoms with Crippen molar-refractivity contribution in [1.29, 1.82) is 5.41 Å². The second-order valence-electron chi connectivity index (χ2n) is 8.50. The molecule has 1 aliphatic heterocycles. The van der Waals surface area contributed by atoms with Gasteiger partial charge in [-0.05, 0) is 42.0 Å². The fourth-order valence-corrected chi connectivity index (χ4v) is 4.10. The van der Waals surface area contributed by atoms with Gasteiger partial charge in [-0.2, -0.15) is 0 Å². The molecular formula is C28H27ClN6O2. The van der Waals surface area contributed by atoms with Crippen molar-refractivity contribution in [3.8, 4) is 5.75 Å². The molecule has 1 amide bonds. The predicted molar refractivity (Wildman–Crippen MR) is 147 cm³/mol. The van der Waals surface area contributed by atoms with Gasteiger partial charge in [0, 0.05) is 41.7 Å². The van der Waals surface area contributed by atoms with E-state index >= 15 is 0 Å². The molecule has 0 atom stereocenters. The maximum Gasteiger partial charge on any atom is 0.254 e. The number of aromatic nitrogens is 2. The zero-order chi connectivity index (χ0) is 24.9. The van der Waals surface area contributed by atoms with E-state index in [2.05, 4.69) is 15.3 Å². The normalized spacial score (nSPS) is 12.3. The number of nitrogens with two attached hydrogens (primary N) is 1. The molecule has 37 heavy (non-hydrogen) atoms. The summed E-state index contributed by atoms with van der Waals surface area (Å²) in [7, 11) is 0. The SMILES string of the molecule is Cl.N=C(N)c1ccc(OCc2ccccc2)c(CNc2ncnc3cc(C(=O)N4CC=CC4)ccc23)c1. The first-order valence-corrected chi connectivity index (χ1v) is 11.7. The summed E-state index contributed by atoms with van der Waals surface area (Å²) in [6, 6.07) is 20.9. The van der Waals surface area contributed by atoms with Crippen LogP contribution < -0.4 is 15.8 Å². The first-order chi connectivity index (χ1) is 17.6. The van der Waals surface area contributed by atoms with Gasteiger partial charge in [-0.1, -0.05) is 42.5 Å². The zero-order valence-electron chi connectivity index (χ0n) is 20.1. The Morgan fingerprint density at radius 1 is 1.00 bits per heavy atom. The number of fused-ring (bicyclic) bond motifs is 1. The molecule has 0 spiro atoms. The summed E-state index contributed by atoms with van der Waals surface area (Å²) in [6.07, 6.45) is 5.46. The molecule has 188 valence electrons. The summed E-state index contributed by atoms with van der Waals surface area (Å²) in [5, 5.41) is 12.0. The lowest BCUT2D eigenvalue weighted by Crippen LogP contribution is -2.28. The van der Waals surface area contributed by atoms with Crippen LogP contribution in [0.5, 0.6) is 5.75 Å². The number of carbonyl (C=O) groups is 1. The van der Waals surface area contributed by atoms with Crippen molar-refractivity contribution in [3.63, 3.8) is 0 Å². The van der Waals surface area contributed by atoms with Gasteiger partial charge < -0.3 is 20.7 Å².